The smallest absolute Gasteiger partial charge is 0.342 e. The van der Waals surface area contributed by atoms with E-state index in [-0.39, 0.29) is 12.0 Å². The van der Waals surface area contributed by atoms with E-state index in [1.165, 1.54) is 11.0 Å². The molecule has 2 aromatic rings. The van der Waals surface area contributed by atoms with Crippen LogP contribution in [0.15, 0.2) is 12.4 Å². The Hall–Kier alpha value is -2.22. The highest BCUT2D eigenvalue weighted by Gasteiger charge is 2.06. The molecule has 16 heavy (non-hydrogen) atoms. The molecule has 0 saturated carbocycles. The summed E-state index contributed by atoms with van der Waals surface area (Å²) < 4.78 is 6.87. The molecule has 2 heterocycles. The van der Waals surface area contributed by atoms with Gasteiger partial charge in [0.1, 0.15) is 6.33 Å². The first kappa shape index (κ1) is 10.3. The molecule has 0 amide bonds. The van der Waals surface area contributed by atoms with E-state index in [2.05, 4.69) is 25.5 Å². The molecule has 0 saturated heterocycles. The van der Waals surface area contributed by atoms with Crippen molar-refractivity contribution in [3.05, 3.63) is 18.1 Å². The van der Waals surface area contributed by atoms with Crippen molar-refractivity contribution in [2.45, 2.75) is 6.92 Å². The number of ether oxygens (including phenoxy) is 1. The number of hydrazine groups is 1. The van der Waals surface area contributed by atoms with Gasteiger partial charge in [0.05, 0.1) is 0 Å². The largest absolute Gasteiger partial charge is 0.404 e. The number of aryl methyl sites for hydroxylation is 2. The van der Waals surface area contributed by atoms with Crippen molar-refractivity contribution in [2.24, 2.45) is 12.9 Å². The van der Waals surface area contributed by atoms with Crippen LogP contribution in [0, 0.1) is 6.92 Å². The zero-order valence-corrected chi connectivity index (χ0v) is 8.88. The van der Waals surface area contributed by atoms with Gasteiger partial charge in [0, 0.05) is 18.8 Å². The number of hydrogen-bond acceptors (Lipinski definition) is 7. The highest BCUT2D eigenvalue weighted by Crippen LogP contribution is 2.16. The fraction of sp³-hybridized carbons (Fsp3) is 0.250. The van der Waals surface area contributed by atoms with Crippen molar-refractivity contribution < 1.29 is 4.74 Å². The number of nitrogens with zero attached hydrogens (tertiary/aromatic N) is 5. The first-order valence-corrected chi connectivity index (χ1v) is 4.53. The summed E-state index contributed by atoms with van der Waals surface area (Å²) >= 11 is 0. The van der Waals surface area contributed by atoms with E-state index in [1.807, 2.05) is 0 Å². The number of aromatic nitrogens is 5. The third-order valence-electron chi connectivity index (χ3n) is 1.73. The highest BCUT2D eigenvalue weighted by molar-refractivity contribution is 5.29. The Morgan fingerprint density at radius 2 is 2.25 bits per heavy atom. The van der Waals surface area contributed by atoms with Gasteiger partial charge in [-0.25, -0.2) is 10.8 Å². The molecule has 0 unspecified atom stereocenters. The molecular formula is C8H11N7O. The Labute approximate surface area is 91.5 Å². The minimum absolute atomic E-state index is 0.226. The summed E-state index contributed by atoms with van der Waals surface area (Å²) in [6.45, 7) is 1.81. The van der Waals surface area contributed by atoms with Crippen LogP contribution in [0.5, 0.6) is 11.9 Å². The Morgan fingerprint density at radius 1 is 1.44 bits per heavy atom. The van der Waals surface area contributed by atoms with Gasteiger partial charge in [-0.15, -0.1) is 5.10 Å². The quantitative estimate of drug-likeness (QED) is 0.555. The second kappa shape index (κ2) is 4.11. The van der Waals surface area contributed by atoms with E-state index >= 15 is 0 Å². The maximum atomic E-state index is 5.33. The maximum Gasteiger partial charge on any atom is 0.342 e. The van der Waals surface area contributed by atoms with E-state index in [4.69, 9.17) is 10.6 Å². The summed E-state index contributed by atoms with van der Waals surface area (Å²) in [5.74, 6) is 5.84. The van der Waals surface area contributed by atoms with Crippen molar-refractivity contribution >= 4 is 5.95 Å². The van der Waals surface area contributed by atoms with Crippen LogP contribution >= 0.6 is 0 Å². The molecule has 0 aliphatic rings. The van der Waals surface area contributed by atoms with Crippen LogP contribution in [-0.4, -0.2) is 24.7 Å². The van der Waals surface area contributed by atoms with Crippen molar-refractivity contribution in [3.63, 3.8) is 0 Å². The van der Waals surface area contributed by atoms with Gasteiger partial charge in [0.2, 0.25) is 11.8 Å². The lowest BCUT2D eigenvalue weighted by Crippen LogP contribution is -2.11. The van der Waals surface area contributed by atoms with Crippen molar-refractivity contribution in [2.75, 3.05) is 5.43 Å². The third-order valence-corrected chi connectivity index (χ3v) is 1.73. The van der Waals surface area contributed by atoms with Gasteiger partial charge in [-0.05, 0) is 6.92 Å². The van der Waals surface area contributed by atoms with Crippen LogP contribution in [0.3, 0.4) is 0 Å². The summed E-state index contributed by atoms with van der Waals surface area (Å²) in [4.78, 5) is 11.9. The molecular weight excluding hydrogens is 210 g/mol. The molecule has 0 aliphatic carbocycles. The van der Waals surface area contributed by atoms with Crippen LogP contribution in [0.2, 0.25) is 0 Å². The Bertz CT molecular complexity index is 495. The lowest BCUT2D eigenvalue weighted by Gasteiger charge is -2.03. The molecule has 0 aliphatic heterocycles. The normalized spacial score (nSPS) is 10.2. The Morgan fingerprint density at radius 3 is 2.88 bits per heavy atom. The second-order valence-corrected chi connectivity index (χ2v) is 3.12. The summed E-state index contributed by atoms with van der Waals surface area (Å²) in [5.41, 5.74) is 3.08. The van der Waals surface area contributed by atoms with Crippen molar-refractivity contribution in [3.8, 4) is 11.9 Å². The summed E-state index contributed by atoms with van der Waals surface area (Å²) in [7, 11) is 1.75. The zero-order valence-electron chi connectivity index (χ0n) is 8.88. The zero-order chi connectivity index (χ0) is 11.5. The van der Waals surface area contributed by atoms with Gasteiger partial charge in [-0.3, -0.25) is 10.1 Å². The lowest BCUT2D eigenvalue weighted by molar-refractivity contribution is 0.421. The average Bonchev–Trinajstić information content (AvgIpc) is 2.63. The Balaban J connectivity index is 2.24. The van der Waals surface area contributed by atoms with Crippen LogP contribution in [0.25, 0.3) is 0 Å². The van der Waals surface area contributed by atoms with E-state index in [1.54, 1.807) is 20.0 Å². The minimum atomic E-state index is 0.226. The van der Waals surface area contributed by atoms with E-state index in [0.29, 0.717) is 5.88 Å². The van der Waals surface area contributed by atoms with E-state index < -0.39 is 0 Å². The first-order chi connectivity index (χ1) is 7.67. The number of nitrogens with two attached hydrogens (primary N) is 1. The molecule has 2 rings (SSSR count). The van der Waals surface area contributed by atoms with Crippen molar-refractivity contribution in [1.82, 2.24) is 24.7 Å². The first-order valence-electron chi connectivity index (χ1n) is 4.53. The van der Waals surface area contributed by atoms with Gasteiger partial charge in [0.15, 0.2) is 0 Å². The Kier molecular flexibility index (Phi) is 2.64. The fourth-order valence-corrected chi connectivity index (χ4v) is 1.12. The van der Waals surface area contributed by atoms with Crippen LogP contribution < -0.4 is 16.0 Å². The lowest BCUT2D eigenvalue weighted by atomic mass is 10.4. The molecule has 3 N–H and O–H groups in total. The molecule has 0 aromatic carbocycles. The molecule has 0 atom stereocenters. The SMILES string of the molecule is Cc1cc(Oc2ncn(C)n2)nc(NN)n1. The molecule has 0 radical (unpaired) electrons. The van der Waals surface area contributed by atoms with E-state index in [9.17, 15) is 0 Å². The van der Waals surface area contributed by atoms with Gasteiger partial charge in [0.25, 0.3) is 0 Å². The standard InChI is InChI=1S/C8H11N7O/c1-5-3-6(12-7(11-5)13-9)16-8-10-4-15(2)14-8/h3-4H,9H2,1-2H3,(H,11,12,13). The van der Waals surface area contributed by atoms with Crippen LogP contribution in [0.1, 0.15) is 5.69 Å². The summed E-state index contributed by atoms with van der Waals surface area (Å²) in [6.07, 6.45) is 1.53. The van der Waals surface area contributed by atoms with Gasteiger partial charge < -0.3 is 4.74 Å². The predicted molar refractivity (Wildman–Crippen MR) is 55.7 cm³/mol. The average molecular weight is 221 g/mol. The van der Waals surface area contributed by atoms with Crippen LogP contribution in [-0.2, 0) is 7.05 Å². The van der Waals surface area contributed by atoms with Crippen LogP contribution in [0.4, 0.5) is 5.95 Å². The van der Waals surface area contributed by atoms with Gasteiger partial charge in [-0.1, -0.05) is 0 Å². The second-order valence-electron chi connectivity index (χ2n) is 3.12. The molecule has 8 nitrogen and oxygen atoms in total. The molecule has 8 heteroatoms. The monoisotopic (exact) mass is 221 g/mol. The number of rotatable bonds is 3. The van der Waals surface area contributed by atoms with Crippen molar-refractivity contribution in [1.29, 1.82) is 0 Å². The molecule has 0 spiro atoms. The predicted octanol–water partition coefficient (Wildman–Crippen LogP) is -0.00858. The topological polar surface area (TPSA) is 104 Å². The van der Waals surface area contributed by atoms with E-state index in [0.717, 1.165) is 5.69 Å². The third kappa shape index (κ3) is 2.23. The summed E-state index contributed by atoms with van der Waals surface area (Å²) in [6, 6.07) is 1.89. The fourth-order valence-electron chi connectivity index (χ4n) is 1.12. The molecule has 0 fully saturated rings. The molecule has 84 valence electrons. The van der Waals surface area contributed by atoms with Gasteiger partial charge in [-0.2, -0.15) is 9.97 Å². The van der Waals surface area contributed by atoms with Gasteiger partial charge >= 0.3 is 6.01 Å². The number of anilines is 1. The molecule has 2 aromatic heterocycles. The highest BCUT2D eigenvalue weighted by atomic mass is 16.5. The molecule has 0 bridgehead atoms. The number of nitrogens with one attached hydrogen (secondary N) is 1. The minimum Gasteiger partial charge on any atom is -0.404 e. The number of hydrogen-bond donors (Lipinski definition) is 2. The maximum absolute atomic E-state index is 5.33. The number of nitrogen functional groups attached to an aromatic ring is 1. The summed E-state index contributed by atoms with van der Waals surface area (Å²) in [5, 5.41) is 3.96.